The first-order valence-electron chi connectivity index (χ1n) is 8.35. The van der Waals surface area contributed by atoms with Crippen LogP contribution in [0.4, 0.5) is 8.78 Å². The highest BCUT2D eigenvalue weighted by molar-refractivity contribution is 5.43. The van der Waals surface area contributed by atoms with Gasteiger partial charge in [-0.3, -0.25) is 0 Å². The lowest BCUT2D eigenvalue weighted by molar-refractivity contribution is -0.0507. The normalized spacial score (nSPS) is 12.6. The van der Waals surface area contributed by atoms with Crippen molar-refractivity contribution < 1.29 is 13.5 Å². The second kappa shape index (κ2) is 8.92. The van der Waals surface area contributed by atoms with Gasteiger partial charge in [0.2, 0.25) is 0 Å². The van der Waals surface area contributed by atoms with Gasteiger partial charge in [0.1, 0.15) is 5.75 Å². The predicted molar refractivity (Wildman–Crippen MR) is 97.1 cm³/mol. The Hall–Kier alpha value is -1.98. The van der Waals surface area contributed by atoms with Crippen molar-refractivity contribution >= 4 is 0 Å². The number of alkyl halides is 2. The summed E-state index contributed by atoms with van der Waals surface area (Å²) in [6.45, 7) is 2.31. The molecule has 0 amide bonds. The van der Waals surface area contributed by atoms with Crippen LogP contribution >= 0.6 is 0 Å². The average Bonchev–Trinajstić information content (AvgIpc) is 2.55. The first-order valence-corrected chi connectivity index (χ1v) is 8.35. The molecule has 5 heteroatoms. The zero-order valence-corrected chi connectivity index (χ0v) is 15.2. The van der Waals surface area contributed by atoms with E-state index in [-0.39, 0.29) is 11.8 Å². The van der Waals surface area contributed by atoms with E-state index in [0.29, 0.717) is 6.54 Å². The third-order valence-electron chi connectivity index (χ3n) is 4.03. The SMILES string of the molecule is Cc1cc(CNC(CN(C)C)c2ccccc2)cc(C)c1OC(F)F. The van der Waals surface area contributed by atoms with Crippen molar-refractivity contribution in [2.24, 2.45) is 0 Å². The molecule has 0 radical (unpaired) electrons. The zero-order valence-electron chi connectivity index (χ0n) is 15.2. The van der Waals surface area contributed by atoms with Gasteiger partial charge in [-0.1, -0.05) is 42.5 Å². The Bertz CT molecular complexity index is 652. The van der Waals surface area contributed by atoms with Crippen LogP contribution in [0.2, 0.25) is 0 Å². The highest BCUT2D eigenvalue weighted by Gasteiger charge is 2.14. The van der Waals surface area contributed by atoms with Crippen molar-refractivity contribution in [2.45, 2.75) is 33.0 Å². The summed E-state index contributed by atoms with van der Waals surface area (Å²) in [5.74, 6) is 0.270. The van der Waals surface area contributed by atoms with Gasteiger partial charge in [-0.2, -0.15) is 8.78 Å². The van der Waals surface area contributed by atoms with Gasteiger partial charge in [0.15, 0.2) is 0 Å². The number of rotatable bonds is 8. The Labute approximate surface area is 148 Å². The summed E-state index contributed by atoms with van der Waals surface area (Å²) in [6.07, 6.45) is 0. The number of ether oxygens (including phenoxy) is 1. The molecule has 0 saturated heterocycles. The summed E-state index contributed by atoms with van der Waals surface area (Å²) in [6, 6.07) is 14.3. The molecular formula is C20H26F2N2O. The van der Waals surface area contributed by atoms with E-state index in [2.05, 4.69) is 27.1 Å². The molecule has 1 N–H and O–H groups in total. The van der Waals surface area contributed by atoms with Crippen LogP contribution in [0.5, 0.6) is 5.75 Å². The summed E-state index contributed by atoms with van der Waals surface area (Å²) in [7, 11) is 4.09. The lowest BCUT2D eigenvalue weighted by Gasteiger charge is -2.23. The summed E-state index contributed by atoms with van der Waals surface area (Å²) in [4.78, 5) is 2.14. The Morgan fingerprint density at radius 2 is 1.64 bits per heavy atom. The molecule has 2 aromatic carbocycles. The first-order chi connectivity index (χ1) is 11.9. The largest absolute Gasteiger partial charge is 0.434 e. The second-order valence-electron chi connectivity index (χ2n) is 6.54. The van der Waals surface area contributed by atoms with Gasteiger partial charge >= 0.3 is 6.61 Å². The van der Waals surface area contributed by atoms with Crippen LogP contribution in [0.15, 0.2) is 42.5 Å². The molecule has 0 aliphatic rings. The standard InChI is InChI=1S/C20H26F2N2O/c1-14-10-16(11-15(2)19(14)25-20(21)22)12-23-18(13-24(3)4)17-8-6-5-7-9-17/h5-11,18,20,23H,12-13H2,1-4H3. The van der Waals surface area contributed by atoms with Crippen LogP contribution in [-0.2, 0) is 6.54 Å². The molecule has 1 unspecified atom stereocenters. The van der Waals surface area contributed by atoms with Crippen LogP contribution < -0.4 is 10.1 Å². The molecule has 1 atom stereocenters. The van der Waals surface area contributed by atoms with E-state index in [1.165, 1.54) is 5.56 Å². The summed E-state index contributed by atoms with van der Waals surface area (Å²) >= 11 is 0. The molecule has 0 saturated carbocycles. The van der Waals surface area contributed by atoms with E-state index >= 15 is 0 Å². The monoisotopic (exact) mass is 348 g/mol. The minimum absolute atomic E-state index is 0.189. The molecule has 0 heterocycles. The van der Waals surface area contributed by atoms with E-state index in [1.807, 2.05) is 44.4 Å². The summed E-state index contributed by atoms with van der Waals surface area (Å²) in [5.41, 5.74) is 3.72. The molecule has 0 aliphatic heterocycles. The minimum atomic E-state index is -2.80. The smallest absolute Gasteiger partial charge is 0.387 e. The maximum absolute atomic E-state index is 12.5. The van der Waals surface area contributed by atoms with E-state index in [9.17, 15) is 8.78 Å². The lowest BCUT2D eigenvalue weighted by atomic mass is 10.0. The fourth-order valence-corrected chi connectivity index (χ4v) is 3.00. The molecule has 0 bridgehead atoms. The van der Waals surface area contributed by atoms with Crippen molar-refractivity contribution in [2.75, 3.05) is 20.6 Å². The molecule has 0 fully saturated rings. The Morgan fingerprint density at radius 3 is 2.16 bits per heavy atom. The zero-order chi connectivity index (χ0) is 18.4. The van der Waals surface area contributed by atoms with E-state index in [0.717, 1.165) is 23.2 Å². The summed E-state index contributed by atoms with van der Waals surface area (Å²) in [5, 5.41) is 3.57. The van der Waals surface area contributed by atoms with Gasteiger partial charge in [-0.15, -0.1) is 0 Å². The second-order valence-corrected chi connectivity index (χ2v) is 6.54. The van der Waals surface area contributed by atoms with Crippen molar-refractivity contribution in [3.63, 3.8) is 0 Å². The quantitative estimate of drug-likeness (QED) is 0.770. The third-order valence-corrected chi connectivity index (χ3v) is 4.03. The number of halogens is 2. The van der Waals surface area contributed by atoms with Crippen LogP contribution in [-0.4, -0.2) is 32.2 Å². The molecule has 136 valence electrons. The van der Waals surface area contributed by atoms with Gasteiger partial charge in [0, 0.05) is 19.1 Å². The molecular weight excluding hydrogens is 322 g/mol. The van der Waals surface area contributed by atoms with Gasteiger partial charge in [0.25, 0.3) is 0 Å². The molecule has 0 aliphatic carbocycles. The average molecular weight is 348 g/mol. The fraction of sp³-hybridized carbons (Fsp3) is 0.400. The third kappa shape index (κ3) is 5.80. The highest BCUT2D eigenvalue weighted by atomic mass is 19.3. The van der Waals surface area contributed by atoms with Crippen LogP contribution in [0.3, 0.4) is 0 Å². The Morgan fingerprint density at radius 1 is 1.04 bits per heavy atom. The van der Waals surface area contributed by atoms with Gasteiger partial charge in [0.05, 0.1) is 0 Å². The predicted octanol–water partition coefficient (Wildman–Crippen LogP) is 4.30. The minimum Gasteiger partial charge on any atom is -0.434 e. The molecule has 0 spiro atoms. The van der Waals surface area contributed by atoms with Crippen molar-refractivity contribution in [3.8, 4) is 5.75 Å². The van der Waals surface area contributed by atoms with E-state index in [1.54, 1.807) is 13.8 Å². The van der Waals surface area contributed by atoms with Crippen LogP contribution in [0.25, 0.3) is 0 Å². The van der Waals surface area contributed by atoms with Crippen LogP contribution in [0, 0.1) is 13.8 Å². The number of likely N-dealkylation sites (N-methyl/N-ethyl adjacent to an activating group) is 1. The van der Waals surface area contributed by atoms with Crippen molar-refractivity contribution in [1.29, 1.82) is 0 Å². The molecule has 0 aromatic heterocycles. The number of benzene rings is 2. The Balaban J connectivity index is 2.12. The highest BCUT2D eigenvalue weighted by Crippen LogP contribution is 2.27. The molecule has 3 nitrogen and oxygen atoms in total. The van der Waals surface area contributed by atoms with Crippen molar-refractivity contribution in [3.05, 3.63) is 64.7 Å². The number of nitrogens with one attached hydrogen (secondary N) is 1. The Kier molecular flexibility index (Phi) is 6.91. The van der Waals surface area contributed by atoms with Gasteiger partial charge in [-0.25, -0.2) is 0 Å². The van der Waals surface area contributed by atoms with Gasteiger partial charge in [-0.05, 0) is 50.2 Å². The fourth-order valence-electron chi connectivity index (χ4n) is 3.00. The number of aryl methyl sites for hydroxylation is 2. The topological polar surface area (TPSA) is 24.5 Å². The number of hydrogen-bond acceptors (Lipinski definition) is 3. The number of hydrogen-bond donors (Lipinski definition) is 1. The van der Waals surface area contributed by atoms with Crippen LogP contribution in [0.1, 0.15) is 28.3 Å². The summed E-state index contributed by atoms with van der Waals surface area (Å²) < 4.78 is 29.6. The maximum Gasteiger partial charge on any atom is 0.387 e. The van der Waals surface area contributed by atoms with Crippen molar-refractivity contribution in [1.82, 2.24) is 10.2 Å². The number of nitrogens with zero attached hydrogens (tertiary/aromatic N) is 1. The molecule has 25 heavy (non-hydrogen) atoms. The molecule has 2 rings (SSSR count). The maximum atomic E-state index is 12.5. The first kappa shape index (κ1) is 19.3. The molecule has 2 aromatic rings. The van der Waals surface area contributed by atoms with Gasteiger partial charge < -0.3 is 15.0 Å². The van der Waals surface area contributed by atoms with E-state index in [4.69, 9.17) is 0 Å². The lowest BCUT2D eigenvalue weighted by Crippen LogP contribution is -2.31. The van der Waals surface area contributed by atoms with E-state index < -0.39 is 6.61 Å².